The second-order valence-electron chi connectivity index (χ2n) is 6.12. The van der Waals surface area contributed by atoms with Crippen molar-refractivity contribution in [3.05, 3.63) is 27.7 Å². The summed E-state index contributed by atoms with van der Waals surface area (Å²) in [6, 6.07) is 0.264. The molecule has 6 heteroatoms. The third-order valence-electron chi connectivity index (χ3n) is 3.24. The SMILES string of the molecule is Cc1nc(C(C)(C)C)sc1[C@@H](C)NCc1ncnn1C. The molecule has 0 aliphatic heterocycles. The molecule has 2 aromatic heterocycles. The second-order valence-corrected chi connectivity index (χ2v) is 7.15. The van der Waals surface area contributed by atoms with Crippen LogP contribution in [0.15, 0.2) is 6.33 Å². The molecule has 0 amide bonds. The Balaban J connectivity index is 2.08. The third kappa shape index (κ3) is 3.24. The highest BCUT2D eigenvalue weighted by molar-refractivity contribution is 7.12. The summed E-state index contributed by atoms with van der Waals surface area (Å²) in [6.45, 7) is 11.6. The Morgan fingerprint density at radius 2 is 2.10 bits per heavy atom. The molecule has 110 valence electrons. The minimum atomic E-state index is 0.108. The number of rotatable bonds is 4. The topological polar surface area (TPSA) is 55.6 Å². The Labute approximate surface area is 124 Å². The number of hydrogen-bond acceptors (Lipinski definition) is 5. The van der Waals surface area contributed by atoms with Gasteiger partial charge in [-0.15, -0.1) is 11.3 Å². The first kappa shape index (κ1) is 15.1. The molecule has 0 unspecified atom stereocenters. The molecule has 5 nitrogen and oxygen atoms in total. The lowest BCUT2D eigenvalue weighted by atomic mass is 9.98. The van der Waals surface area contributed by atoms with Crippen LogP contribution >= 0.6 is 11.3 Å². The van der Waals surface area contributed by atoms with E-state index in [9.17, 15) is 0 Å². The van der Waals surface area contributed by atoms with Crippen LogP contribution in [-0.4, -0.2) is 19.7 Å². The Morgan fingerprint density at radius 1 is 1.40 bits per heavy atom. The van der Waals surface area contributed by atoms with E-state index in [1.54, 1.807) is 22.3 Å². The normalized spacial score (nSPS) is 13.7. The van der Waals surface area contributed by atoms with Crippen molar-refractivity contribution in [2.45, 2.75) is 52.6 Å². The van der Waals surface area contributed by atoms with Crippen LogP contribution in [0.3, 0.4) is 0 Å². The van der Waals surface area contributed by atoms with E-state index in [2.05, 4.69) is 50.0 Å². The average Bonchev–Trinajstić information content (AvgIpc) is 2.92. The van der Waals surface area contributed by atoms with Crippen molar-refractivity contribution in [3.63, 3.8) is 0 Å². The van der Waals surface area contributed by atoms with Crippen molar-refractivity contribution in [1.29, 1.82) is 0 Å². The highest BCUT2D eigenvalue weighted by Crippen LogP contribution is 2.32. The van der Waals surface area contributed by atoms with E-state index < -0.39 is 0 Å². The van der Waals surface area contributed by atoms with Gasteiger partial charge in [0.25, 0.3) is 0 Å². The van der Waals surface area contributed by atoms with Gasteiger partial charge in [-0.2, -0.15) is 5.10 Å². The molecule has 1 N–H and O–H groups in total. The first-order valence-electron chi connectivity index (χ1n) is 6.83. The minimum Gasteiger partial charge on any atom is -0.302 e. The van der Waals surface area contributed by atoms with Gasteiger partial charge in [0.05, 0.1) is 17.2 Å². The van der Waals surface area contributed by atoms with E-state index in [1.165, 1.54) is 9.88 Å². The highest BCUT2D eigenvalue weighted by atomic mass is 32.1. The summed E-state index contributed by atoms with van der Waals surface area (Å²) in [7, 11) is 1.91. The fourth-order valence-corrected chi connectivity index (χ4v) is 3.10. The molecule has 2 aromatic rings. The van der Waals surface area contributed by atoms with Crippen LogP contribution in [0.1, 0.15) is 55.1 Å². The van der Waals surface area contributed by atoms with Crippen LogP contribution in [0.2, 0.25) is 0 Å². The van der Waals surface area contributed by atoms with E-state index in [-0.39, 0.29) is 11.5 Å². The van der Waals surface area contributed by atoms with Gasteiger partial charge in [-0.1, -0.05) is 20.8 Å². The monoisotopic (exact) mass is 293 g/mol. The van der Waals surface area contributed by atoms with Crippen molar-refractivity contribution >= 4 is 11.3 Å². The molecule has 0 saturated carbocycles. The maximum Gasteiger partial charge on any atom is 0.140 e. The maximum atomic E-state index is 4.71. The molecule has 0 saturated heterocycles. The molecule has 0 fully saturated rings. The molecular formula is C14H23N5S. The van der Waals surface area contributed by atoms with Gasteiger partial charge < -0.3 is 5.32 Å². The van der Waals surface area contributed by atoms with E-state index in [0.29, 0.717) is 6.54 Å². The highest BCUT2D eigenvalue weighted by Gasteiger charge is 2.22. The Kier molecular flexibility index (Phi) is 4.25. The molecule has 20 heavy (non-hydrogen) atoms. The number of aromatic nitrogens is 4. The van der Waals surface area contributed by atoms with Crippen molar-refractivity contribution in [2.75, 3.05) is 0 Å². The zero-order valence-corrected chi connectivity index (χ0v) is 13.9. The number of hydrogen-bond donors (Lipinski definition) is 1. The molecule has 0 aromatic carbocycles. The van der Waals surface area contributed by atoms with Crippen LogP contribution in [-0.2, 0) is 19.0 Å². The quantitative estimate of drug-likeness (QED) is 0.941. The van der Waals surface area contributed by atoms with Gasteiger partial charge in [-0.3, -0.25) is 4.68 Å². The fraction of sp³-hybridized carbons (Fsp3) is 0.643. The van der Waals surface area contributed by atoms with Gasteiger partial charge in [0.1, 0.15) is 12.2 Å². The van der Waals surface area contributed by atoms with Crippen LogP contribution in [0.5, 0.6) is 0 Å². The molecule has 0 spiro atoms. The Hall–Kier alpha value is -1.27. The zero-order chi connectivity index (χ0) is 14.9. The van der Waals surface area contributed by atoms with E-state index in [0.717, 1.165) is 11.5 Å². The smallest absolute Gasteiger partial charge is 0.140 e. The Morgan fingerprint density at radius 3 is 2.60 bits per heavy atom. The summed E-state index contributed by atoms with van der Waals surface area (Å²) in [6.07, 6.45) is 1.58. The summed E-state index contributed by atoms with van der Waals surface area (Å²) in [5.74, 6) is 0.940. The van der Waals surface area contributed by atoms with Crippen LogP contribution in [0.4, 0.5) is 0 Å². The van der Waals surface area contributed by atoms with Gasteiger partial charge >= 0.3 is 0 Å². The van der Waals surface area contributed by atoms with Gasteiger partial charge in [0, 0.05) is 23.4 Å². The van der Waals surface area contributed by atoms with Crippen LogP contribution in [0, 0.1) is 6.92 Å². The fourth-order valence-electron chi connectivity index (χ4n) is 1.95. The van der Waals surface area contributed by atoms with Gasteiger partial charge in [0.2, 0.25) is 0 Å². The minimum absolute atomic E-state index is 0.108. The summed E-state index contributed by atoms with van der Waals surface area (Å²) in [4.78, 5) is 10.2. The molecule has 0 aliphatic carbocycles. The molecular weight excluding hydrogens is 270 g/mol. The zero-order valence-electron chi connectivity index (χ0n) is 13.1. The van der Waals surface area contributed by atoms with Crippen LogP contribution in [0.25, 0.3) is 0 Å². The lowest BCUT2D eigenvalue weighted by Gasteiger charge is -2.14. The number of thiazole rings is 1. The number of nitrogens with one attached hydrogen (secondary N) is 1. The summed E-state index contributed by atoms with van der Waals surface area (Å²) in [5, 5.41) is 8.76. The van der Waals surface area contributed by atoms with Crippen molar-refractivity contribution in [2.24, 2.45) is 7.05 Å². The molecule has 2 rings (SSSR count). The molecule has 0 radical (unpaired) electrons. The Bertz CT molecular complexity index is 579. The number of nitrogens with zero attached hydrogens (tertiary/aromatic N) is 4. The van der Waals surface area contributed by atoms with Gasteiger partial charge in [0.15, 0.2) is 0 Å². The molecule has 0 aliphatic rings. The lowest BCUT2D eigenvalue weighted by Crippen LogP contribution is -2.20. The number of aryl methyl sites for hydroxylation is 2. The maximum absolute atomic E-state index is 4.71. The van der Waals surface area contributed by atoms with E-state index in [1.807, 2.05) is 7.05 Å². The van der Waals surface area contributed by atoms with Crippen molar-refractivity contribution < 1.29 is 0 Å². The first-order chi connectivity index (χ1) is 9.29. The molecule has 2 heterocycles. The summed E-state index contributed by atoms with van der Waals surface area (Å²) in [5.41, 5.74) is 1.23. The van der Waals surface area contributed by atoms with Gasteiger partial charge in [-0.05, 0) is 13.8 Å². The van der Waals surface area contributed by atoms with Crippen LogP contribution < -0.4 is 5.32 Å². The first-order valence-corrected chi connectivity index (χ1v) is 7.64. The summed E-state index contributed by atoms with van der Waals surface area (Å²) < 4.78 is 1.79. The standard InChI is InChI=1S/C14H23N5S/c1-9(15-7-11-16-8-17-19(11)6)12-10(2)18-13(20-12)14(3,4)5/h8-9,15H,7H2,1-6H3/t9-/m1/s1. The summed E-state index contributed by atoms with van der Waals surface area (Å²) >= 11 is 1.80. The molecule has 0 bridgehead atoms. The van der Waals surface area contributed by atoms with E-state index in [4.69, 9.17) is 4.98 Å². The predicted molar refractivity (Wildman–Crippen MR) is 81.8 cm³/mol. The van der Waals surface area contributed by atoms with Gasteiger partial charge in [-0.25, -0.2) is 9.97 Å². The van der Waals surface area contributed by atoms with E-state index >= 15 is 0 Å². The van der Waals surface area contributed by atoms with Crippen molar-refractivity contribution in [3.8, 4) is 0 Å². The van der Waals surface area contributed by atoms with Crippen molar-refractivity contribution in [1.82, 2.24) is 25.1 Å². The lowest BCUT2D eigenvalue weighted by molar-refractivity contribution is 0.543. The average molecular weight is 293 g/mol. The molecule has 1 atom stereocenters. The largest absolute Gasteiger partial charge is 0.302 e. The second kappa shape index (κ2) is 5.61. The third-order valence-corrected chi connectivity index (χ3v) is 5.00. The predicted octanol–water partition coefficient (Wildman–Crippen LogP) is 2.73.